The summed E-state index contributed by atoms with van der Waals surface area (Å²) in [6.45, 7) is -0.835. The molecule has 0 unspecified atom stereocenters. The summed E-state index contributed by atoms with van der Waals surface area (Å²) in [7, 11) is 2.87. The zero-order chi connectivity index (χ0) is 37.1. The molecule has 53 heavy (non-hydrogen) atoms. The van der Waals surface area contributed by atoms with Crippen molar-refractivity contribution in [2.75, 3.05) is 17.7 Å². The fourth-order valence-electron chi connectivity index (χ4n) is 8.29. The predicted octanol–water partition coefficient (Wildman–Crippen LogP) is 3.44. The van der Waals surface area contributed by atoms with Crippen molar-refractivity contribution < 1.29 is 49.7 Å². The summed E-state index contributed by atoms with van der Waals surface area (Å²) in [6.07, 6.45) is 0.269. The topological polar surface area (TPSA) is 199 Å². The number of nitrogens with zero attached hydrogens (tertiary/aromatic N) is 1. The largest absolute Gasteiger partial charge is 0.511 e. The second-order valence-corrected chi connectivity index (χ2v) is 16.9. The van der Waals surface area contributed by atoms with E-state index in [2.05, 4.69) is 10.3 Å². The highest BCUT2D eigenvalue weighted by Crippen LogP contribution is 2.54. The molecule has 0 radical (unpaired) electrons. The van der Waals surface area contributed by atoms with E-state index in [-0.39, 0.29) is 53.2 Å². The smallest absolute Gasteiger partial charge is 0.229 e. The van der Waals surface area contributed by atoms with Crippen LogP contribution in [0.1, 0.15) is 55.8 Å². The molecular weight excluding hydrogens is 721 g/mol. The molecule has 2 aromatic carbocycles. The Bertz CT molecular complexity index is 2020. The number of pyridine rings is 1. The molecule has 1 aromatic heterocycles. The highest BCUT2D eigenvalue weighted by atomic mass is 33.1. The van der Waals surface area contributed by atoms with E-state index in [0.29, 0.717) is 30.7 Å². The molecule has 278 valence electrons. The van der Waals surface area contributed by atoms with Crippen LogP contribution in [0.2, 0.25) is 0 Å². The molecule has 7 N–H and O–H groups in total. The van der Waals surface area contributed by atoms with Crippen molar-refractivity contribution >= 4 is 39.0 Å². The van der Waals surface area contributed by atoms with E-state index in [0.717, 1.165) is 22.3 Å². The van der Waals surface area contributed by atoms with Gasteiger partial charge in [0.05, 0.1) is 30.1 Å². The number of aliphatic hydroxyl groups is 6. The van der Waals surface area contributed by atoms with Crippen LogP contribution in [-0.2, 0) is 30.6 Å². The van der Waals surface area contributed by atoms with Gasteiger partial charge < -0.3 is 45.4 Å². The third-order valence-corrected chi connectivity index (χ3v) is 14.0. The molecule has 1 fully saturated rings. The lowest BCUT2D eigenvalue weighted by Crippen LogP contribution is -2.68. The Labute approximate surface area is 313 Å². The molecule has 0 saturated carbocycles. The van der Waals surface area contributed by atoms with E-state index in [1.165, 1.54) is 39.8 Å². The number of benzene rings is 2. The Morgan fingerprint density at radius 3 is 2.64 bits per heavy atom. The Balaban J connectivity index is 1.24. The number of hydrogen-bond donors (Lipinski definition) is 7. The minimum absolute atomic E-state index is 0.0341. The van der Waals surface area contributed by atoms with Crippen LogP contribution < -0.4 is 10.1 Å². The van der Waals surface area contributed by atoms with Crippen LogP contribution in [0.3, 0.4) is 0 Å². The maximum Gasteiger partial charge on any atom is 0.229 e. The number of carbonyl (C=O) groups is 2. The molecule has 6 aliphatic rings. The van der Waals surface area contributed by atoms with Crippen LogP contribution in [0.5, 0.6) is 5.75 Å². The molecule has 1 saturated heterocycles. The van der Waals surface area contributed by atoms with Crippen molar-refractivity contribution in [1.82, 2.24) is 4.98 Å². The van der Waals surface area contributed by atoms with Crippen molar-refractivity contribution in [2.45, 2.75) is 74.3 Å². The van der Waals surface area contributed by atoms with Crippen LogP contribution in [0.4, 0.5) is 5.82 Å². The number of aliphatic hydroxyl groups excluding tert-OH is 5. The van der Waals surface area contributed by atoms with Crippen LogP contribution in [-0.4, -0.2) is 95.1 Å². The molecule has 3 aromatic rings. The van der Waals surface area contributed by atoms with Gasteiger partial charge in [-0.2, -0.15) is 0 Å². The van der Waals surface area contributed by atoms with Gasteiger partial charge in [0.1, 0.15) is 46.7 Å². The lowest BCUT2D eigenvalue weighted by Gasteiger charge is -2.48. The second kappa shape index (κ2) is 14.2. The number of nitrogens with one attached hydrogen (secondary N) is 1. The number of hydrogen-bond acceptors (Lipinski definition) is 14. The number of aromatic nitrogens is 1. The van der Waals surface area contributed by atoms with E-state index in [1.807, 2.05) is 24.3 Å². The first kappa shape index (κ1) is 36.3. The third kappa shape index (κ3) is 6.09. The van der Waals surface area contributed by atoms with Gasteiger partial charge in [0, 0.05) is 17.5 Å². The van der Waals surface area contributed by atoms with Gasteiger partial charge in [-0.05, 0) is 78.1 Å². The van der Waals surface area contributed by atoms with E-state index in [9.17, 15) is 35.4 Å². The number of rotatable bonds is 4. The molecule has 5 heterocycles. The SMILES string of the molecule is O=C1c2cccc3c2C(=O)[C@]2(CSS[C@@H]4CCc5c(ccnc5N4)CC[C@]4(O)[C@H](O)[C@@H](CO)O[C@@H](O3)[C@@H]4O)C(O)=CC(Cc3cccc(CO)c3)=C[C@H]12. The lowest BCUT2D eigenvalue weighted by atomic mass is 9.60. The van der Waals surface area contributed by atoms with E-state index in [1.54, 1.807) is 24.4 Å². The molecule has 9 rings (SSSR count). The second-order valence-electron chi connectivity index (χ2n) is 14.3. The van der Waals surface area contributed by atoms with Crippen molar-refractivity contribution in [2.24, 2.45) is 11.3 Å². The minimum Gasteiger partial charge on any atom is -0.511 e. The Hall–Kier alpha value is -3.73. The Morgan fingerprint density at radius 1 is 1.02 bits per heavy atom. The highest BCUT2D eigenvalue weighted by molar-refractivity contribution is 8.77. The molecule has 14 heteroatoms. The molecular formula is C39H40N2O10S2. The summed E-state index contributed by atoms with van der Waals surface area (Å²) >= 11 is 0. The van der Waals surface area contributed by atoms with Gasteiger partial charge >= 0.3 is 0 Å². The average molecular weight is 761 g/mol. The average Bonchev–Trinajstić information content (AvgIpc) is 3.16. The summed E-state index contributed by atoms with van der Waals surface area (Å²) in [5.41, 5.74) is 0.122. The number of anilines is 1. The predicted molar refractivity (Wildman–Crippen MR) is 198 cm³/mol. The number of aryl methyl sites for hydroxylation is 1. The first-order valence-corrected chi connectivity index (χ1v) is 20.0. The number of ketones is 2. The molecule has 2 aliphatic carbocycles. The molecule has 8 atom stereocenters. The van der Waals surface area contributed by atoms with E-state index in [4.69, 9.17) is 9.47 Å². The number of allylic oxidation sites excluding steroid dienone is 4. The quantitative estimate of drug-likeness (QED) is 0.191. The Kier molecular flexibility index (Phi) is 9.69. The summed E-state index contributed by atoms with van der Waals surface area (Å²) in [5.74, 6) is -1.69. The van der Waals surface area contributed by atoms with Gasteiger partial charge in [-0.15, -0.1) is 0 Å². The highest BCUT2D eigenvalue weighted by Gasteiger charge is 2.59. The van der Waals surface area contributed by atoms with Gasteiger partial charge in [-0.3, -0.25) is 9.59 Å². The monoisotopic (exact) mass is 760 g/mol. The summed E-state index contributed by atoms with van der Waals surface area (Å²) in [6, 6.07) is 13.7. The third-order valence-electron chi connectivity index (χ3n) is 11.2. The fraction of sp³-hybridized carbons (Fsp3) is 0.410. The van der Waals surface area contributed by atoms with Crippen molar-refractivity contribution in [3.63, 3.8) is 0 Å². The zero-order valence-corrected chi connectivity index (χ0v) is 30.2. The van der Waals surface area contributed by atoms with E-state index < -0.39 is 59.7 Å². The number of carbonyl (C=O) groups excluding carboxylic acids is 2. The van der Waals surface area contributed by atoms with Crippen molar-refractivity contribution in [3.8, 4) is 5.75 Å². The summed E-state index contributed by atoms with van der Waals surface area (Å²) < 4.78 is 12.0. The molecule has 12 nitrogen and oxygen atoms in total. The maximum atomic E-state index is 15.1. The van der Waals surface area contributed by atoms with Crippen molar-refractivity contribution in [1.29, 1.82) is 0 Å². The van der Waals surface area contributed by atoms with Gasteiger partial charge in [0.25, 0.3) is 0 Å². The minimum atomic E-state index is -2.20. The standard InChI is InChI=1S/C39H40N2O10S2/c42-17-21-4-1-3-20(13-21)14-22-15-26-32(45)25-5-2-6-27-31(25)34(47)38(26,29(44)16-22)19-52-53-30-8-7-24-23(10-12-40-36(24)41-30)9-11-39(49)33(46)28(18-43)51-37(50-27)35(39)48/h1-6,10,12-13,15-16,26,28,30,33,35,37,42-44,46,48-49H,7-9,11,14,17-19H2,(H,40,41)/t26-,28-,30-,33-,35+,37-,38+,39+/m1/s1. The van der Waals surface area contributed by atoms with Crippen LogP contribution in [0.25, 0.3) is 0 Å². The normalized spacial score (nSPS) is 32.3. The zero-order valence-electron chi connectivity index (χ0n) is 28.6. The van der Waals surface area contributed by atoms with Gasteiger partial charge in [-0.25, -0.2) is 4.98 Å². The van der Waals surface area contributed by atoms with Crippen LogP contribution in [0, 0.1) is 11.3 Å². The summed E-state index contributed by atoms with van der Waals surface area (Å²) in [4.78, 5) is 34.2. The van der Waals surface area contributed by atoms with Crippen LogP contribution >= 0.6 is 21.6 Å². The maximum absolute atomic E-state index is 15.1. The lowest BCUT2D eigenvalue weighted by molar-refractivity contribution is -0.315. The molecule has 0 amide bonds. The Morgan fingerprint density at radius 2 is 1.83 bits per heavy atom. The number of ether oxygens (including phenoxy) is 2. The molecule has 1 spiro atoms. The van der Waals surface area contributed by atoms with E-state index >= 15 is 4.79 Å². The number of fused-ring (bicyclic) bond motifs is 4. The van der Waals surface area contributed by atoms with Gasteiger partial charge in [0.15, 0.2) is 11.6 Å². The van der Waals surface area contributed by atoms with Gasteiger partial charge in [0.2, 0.25) is 6.29 Å². The number of Topliss-reactive ketones (excluding diaryl/α,β-unsaturated/α-hetero) is 2. The first-order chi connectivity index (χ1) is 25.6. The van der Waals surface area contributed by atoms with Crippen molar-refractivity contribution in [3.05, 3.63) is 112 Å². The molecule has 8 bridgehead atoms. The first-order valence-electron chi connectivity index (χ1n) is 17.6. The fourth-order valence-corrected chi connectivity index (χ4v) is 11.2. The molecule has 4 aliphatic heterocycles. The van der Waals surface area contributed by atoms with Gasteiger partial charge in [-0.1, -0.05) is 64.1 Å². The summed E-state index contributed by atoms with van der Waals surface area (Å²) in [5, 5.41) is 70.0. The van der Waals surface area contributed by atoms with Crippen LogP contribution in [0.15, 0.2) is 78.2 Å².